The van der Waals surface area contributed by atoms with E-state index in [1.807, 2.05) is 0 Å². The second-order valence-corrected chi connectivity index (χ2v) is 5.83. The third kappa shape index (κ3) is 3.92. The van der Waals surface area contributed by atoms with Crippen molar-refractivity contribution in [2.45, 2.75) is 18.2 Å². The van der Waals surface area contributed by atoms with E-state index < -0.39 is 46.9 Å². The molecule has 0 aliphatic carbocycles. The summed E-state index contributed by atoms with van der Waals surface area (Å²) < 4.78 is 62.5. The summed E-state index contributed by atoms with van der Waals surface area (Å²) in [6.07, 6.45) is -2.88. The molecule has 0 saturated heterocycles. The lowest BCUT2D eigenvalue weighted by Gasteiger charge is -2.21. The lowest BCUT2D eigenvalue weighted by Crippen LogP contribution is -2.37. The number of benzene rings is 1. The third-order valence-corrected chi connectivity index (χ3v) is 4.33. The molecule has 0 heterocycles. The number of aliphatic hydroxyl groups excluding tert-OH is 1. The minimum absolute atomic E-state index is 0.251. The number of sulfonamides is 1. The largest absolute Gasteiger partial charge is 0.395 e. The fourth-order valence-corrected chi connectivity index (χ4v) is 2.88. The summed E-state index contributed by atoms with van der Waals surface area (Å²) in [6.45, 7) is -0.656. The van der Waals surface area contributed by atoms with Crippen LogP contribution in [0.15, 0.2) is 23.1 Å². The van der Waals surface area contributed by atoms with Crippen LogP contribution in [0.4, 0.5) is 13.2 Å². The van der Waals surface area contributed by atoms with Crippen LogP contribution in [-0.4, -0.2) is 44.0 Å². The molecule has 0 aliphatic rings. The smallest absolute Gasteiger partial charge is 0.252 e. The molecule has 1 aromatic rings. The molecule has 1 aromatic carbocycles. The SMILES string of the molecule is Cc1ccc(S(=O)(=O)N(CCO)CC(F)F)cc1F. The number of nitrogens with zero attached hydrogens (tertiary/aromatic N) is 1. The Morgan fingerprint density at radius 3 is 2.47 bits per heavy atom. The van der Waals surface area contributed by atoms with Crippen molar-refractivity contribution in [1.82, 2.24) is 4.31 Å². The van der Waals surface area contributed by atoms with Gasteiger partial charge in [0.25, 0.3) is 6.43 Å². The van der Waals surface area contributed by atoms with Crippen molar-refractivity contribution in [1.29, 1.82) is 0 Å². The fraction of sp³-hybridized carbons (Fsp3) is 0.455. The second kappa shape index (κ2) is 6.36. The lowest BCUT2D eigenvalue weighted by molar-refractivity contribution is 0.113. The van der Waals surface area contributed by atoms with E-state index in [0.29, 0.717) is 4.31 Å². The van der Waals surface area contributed by atoms with Gasteiger partial charge in [0.05, 0.1) is 18.0 Å². The van der Waals surface area contributed by atoms with Gasteiger partial charge < -0.3 is 5.11 Å². The maximum Gasteiger partial charge on any atom is 0.252 e. The molecule has 0 unspecified atom stereocenters. The van der Waals surface area contributed by atoms with Gasteiger partial charge in [-0.15, -0.1) is 0 Å². The Hall–Kier alpha value is -1.12. The summed E-state index contributed by atoms with van der Waals surface area (Å²) in [7, 11) is -4.24. The highest BCUT2D eigenvalue weighted by atomic mass is 32.2. The summed E-state index contributed by atoms with van der Waals surface area (Å²) in [5, 5.41) is 8.73. The maximum atomic E-state index is 13.3. The van der Waals surface area contributed by atoms with Crippen LogP contribution in [0.1, 0.15) is 5.56 Å². The molecule has 1 rings (SSSR count). The molecule has 8 heteroatoms. The molecule has 0 radical (unpaired) electrons. The van der Waals surface area contributed by atoms with E-state index in [1.54, 1.807) is 0 Å². The average Bonchev–Trinajstić information content (AvgIpc) is 2.31. The van der Waals surface area contributed by atoms with Crippen molar-refractivity contribution >= 4 is 10.0 Å². The van der Waals surface area contributed by atoms with Crippen LogP contribution in [0.2, 0.25) is 0 Å². The van der Waals surface area contributed by atoms with Crippen molar-refractivity contribution in [3.05, 3.63) is 29.6 Å². The van der Waals surface area contributed by atoms with Gasteiger partial charge >= 0.3 is 0 Å². The molecule has 108 valence electrons. The van der Waals surface area contributed by atoms with Crippen LogP contribution in [0.5, 0.6) is 0 Å². The van der Waals surface area contributed by atoms with Gasteiger partial charge in [-0.2, -0.15) is 4.31 Å². The molecule has 0 aliphatic heterocycles. The maximum absolute atomic E-state index is 13.3. The van der Waals surface area contributed by atoms with E-state index in [9.17, 15) is 21.6 Å². The topological polar surface area (TPSA) is 57.6 Å². The van der Waals surface area contributed by atoms with Gasteiger partial charge in [0.1, 0.15) is 5.82 Å². The van der Waals surface area contributed by atoms with Crippen molar-refractivity contribution in [2.24, 2.45) is 0 Å². The average molecular weight is 297 g/mol. The van der Waals surface area contributed by atoms with Crippen molar-refractivity contribution in [3.8, 4) is 0 Å². The Balaban J connectivity index is 3.14. The van der Waals surface area contributed by atoms with Crippen LogP contribution in [0, 0.1) is 12.7 Å². The molecule has 0 saturated carbocycles. The molecule has 0 bridgehead atoms. The normalized spacial score (nSPS) is 12.4. The predicted octanol–water partition coefficient (Wildman–Crippen LogP) is 1.38. The number of halogens is 3. The first-order chi connectivity index (χ1) is 8.78. The zero-order valence-electron chi connectivity index (χ0n) is 10.2. The molecular formula is C11H14F3NO3S. The highest BCUT2D eigenvalue weighted by Gasteiger charge is 2.27. The number of aliphatic hydroxyl groups is 1. The molecule has 0 aromatic heterocycles. The van der Waals surface area contributed by atoms with Gasteiger partial charge in [0.2, 0.25) is 10.0 Å². The lowest BCUT2D eigenvalue weighted by atomic mass is 10.2. The summed E-state index contributed by atoms with van der Waals surface area (Å²) in [4.78, 5) is -0.412. The molecule has 19 heavy (non-hydrogen) atoms. The monoisotopic (exact) mass is 297 g/mol. The van der Waals surface area contributed by atoms with E-state index in [1.165, 1.54) is 13.0 Å². The molecule has 1 N–H and O–H groups in total. The van der Waals surface area contributed by atoms with E-state index in [0.717, 1.165) is 12.1 Å². The van der Waals surface area contributed by atoms with E-state index in [4.69, 9.17) is 5.11 Å². The standard InChI is InChI=1S/C11H14F3NO3S/c1-8-2-3-9(6-10(8)12)19(17,18)15(4-5-16)7-11(13)14/h2-3,6,11,16H,4-5,7H2,1H3. The van der Waals surface area contributed by atoms with Gasteiger partial charge in [-0.1, -0.05) is 6.07 Å². The number of hydrogen-bond acceptors (Lipinski definition) is 3. The molecule has 0 spiro atoms. The number of rotatable bonds is 6. The fourth-order valence-electron chi connectivity index (χ4n) is 1.46. The summed E-state index contributed by atoms with van der Waals surface area (Å²) >= 11 is 0. The minimum atomic E-state index is -4.24. The first-order valence-electron chi connectivity index (χ1n) is 5.44. The van der Waals surface area contributed by atoms with Gasteiger partial charge in [0.15, 0.2) is 0 Å². The zero-order chi connectivity index (χ0) is 14.6. The quantitative estimate of drug-likeness (QED) is 0.863. The minimum Gasteiger partial charge on any atom is -0.395 e. The summed E-state index contributed by atoms with van der Waals surface area (Å²) in [5.41, 5.74) is 0.251. The number of alkyl halides is 2. The van der Waals surface area contributed by atoms with Crippen molar-refractivity contribution in [3.63, 3.8) is 0 Å². The Morgan fingerprint density at radius 2 is 2.00 bits per heavy atom. The molecular weight excluding hydrogens is 283 g/mol. The summed E-state index contributed by atoms with van der Waals surface area (Å²) in [5.74, 6) is -0.734. The van der Waals surface area contributed by atoms with Crippen LogP contribution in [0.25, 0.3) is 0 Å². The van der Waals surface area contributed by atoms with Gasteiger partial charge in [0, 0.05) is 6.54 Å². The van der Waals surface area contributed by atoms with Crippen molar-refractivity contribution in [2.75, 3.05) is 19.7 Å². The van der Waals surface area contributed by atoms with Gasteiger partial charge in [-0.05, 0) is 24.6 Å². The molecule has 0 atom stereocenters. The Labute approximate surface area is 109 Å². The van der Waals surface area contributed by atoms with Crippen LogP contribution >= 0.6 is 0 Å². The van der Waals surface area contributed by atoms with E-state index >= 15 is 0 Å². The molecule has 0 amide bonds. The van der Waals surface area contributed by atoms with Gasteiger partial charge in [-0.3, -0.25) is 0 Å². The first kappa shape index (κ1) is 15.9. The van der Waals surface area contributed by atoms with Crippen LogP contribution in [-0.2, 0) is 10.0 Å². The molecule has 4 nitrogen and oxygen atoms in total. The Morgan fingerprint density at radius 1 is 1.37 bits per heavy atom. The second-order valence-electron chi connectivity index (χ2n) is 3.89. The zero-order valence-corrected chi connectivity index (χ0v) is 11.0. The highest BCUT2D eigenvalue weighted by molar-refractivity contribution is 7.89. The third-order valence-electron chi connectivity index (χ3n) is 2.47. The number of hydrogen-bond donors (Lipinski definition) is 1. The van der Waals surface area contributed by atoms with Gasteiger partial charge in [-0.25, -0.2) is 21.6 Å². The first-order valence-corrected chi connectivity index (χ1v) is 6.88. The highest BCUT2D eigenvalue weighted by Crippen LogP contribution is 2.19. The van der Waals surface area contributed by atoms with E-state index in [2.05, 4.69) is 0 Å². The Kier molecular flexibility index (Phi) is 5.33. The van der Waals surface area contributed by atoms with Crippen LogP contribution < -0.4 is 0 Å². The Bertz CT molecular complexity index is 534. The predicted molar refractivity (Wildman–Crippen MR) is 63.0 cm³/mol. The molecule has 0 fully saturated rings. The number of aryl methyl sites for hydroxylation is 1. The summed E-state index contributed by atoms with van der Waals surface area (Å²) in [6, 6.07) is 3.17. The van der Waals surface area contributed by atoms with Crippen molar-refractivity contribution < 1.29 is 26.7 Å². The van der Waals surface area contributed by atoms with Crippen LogP contribution in [0.3, 0.4) is 0 Å². The van der Waals surface area contributed by atoms with E-state index in [-0.39, 0.29) is 5.56 Å².